The van der Waals surface area contributed by atoms with Crippen molar-refractivity contribution in [3.8, 4) is 0 Å². The summed E-state index contributed by atoms with van der Waals surface area (Å²) in [6.45, 7) is 11.5. The van der Waals surface area contributed by atoms with E-state index < -0.39 is 0 Å². The van der Waals surface area contributed by atoms with E-state index in [-0.39, 0.29) is 0 Å². The van der Waals surface area contributed by atoms with E-state index in [2.05, 4.69) is 41.0 Å². The lowest BCUT2D eigenvalue weighted by Gasteiger charge is -2.37. The summed E-state index contributed by atoms with van der Waals surface area (Å²) in [7, 11) is 0. The second kappa shape index (κ2) is 2.66. The third-order valence-corrected chi connectivity index (χ3v) is 3.38. The highest BCUT2D eigenvalue weighted by molar-refractivity contribution is 5.26. The molecule has 0 bridgehead atoms. The van der Waals surface area contributed by atoms with Crippen molar-refractivity contribution in [2.75, 3.05) is 0 Å². The summed E-state index contributed by atoms with van der Waals surface area (Å²) in [4.78, 5) is 0. The molecule has 1 aliphatic rings. The van der Waals surface area contributed by atoms with Crippen molar-refractivity contribution in [2.45, 2.75) is 41.0 Å². The van der Waals surface area contributed by atoms with Crippen LogP contribution >= 0.6 is 0 Å². The highest BCUT2D eigenvalue weighted by Gasteiger charge is 2.30. The van der Waals surface area contributed by atoms with Gasteiger partial charge in [0.15, 0.2) is 0 Å². The number of allylic oxidation sites excluding steroid dienone is 2. The predicted octanol–water partition coefficient (Wildman–Crippen LogP) is 3.59. The summed E-state index contributed by atoms with van der Waals surface area (Å²) in [5.41, 5.74) is 3.54. The Hall–Kier alpha value is -0.260. The molecule has 63 valence electrons. The largest absolute Gasteiger partial charge is 0.0707 e. The maximum atomic E-state index is 2.37. The normalized spacial score (nSPS) is 30.8. The molecule has 0 spiro atoms. The molecule has 1 rings (SSSR count). The monoisotopic (exact) mass is 151 g/mol. The fraction of sp³-hybridized carbons (Fsp3) is 0.727. The lowest BCUT2D eigenvalue weighted by atomic mass is 9.68. The minimum Gasteiger partial charge on any atom is -0.0707 e. The zero-order chi connectivity index (χ0) is 8.65. The Morgan fingerprint density at radius 3 is 2.36 bits per heavy atom. The first-order chi connectivity index (χ1) is 4.95. The van der Waals surface area contributed by atoms with Crippen molar-refractivity contribution >= 4 is 0 Å². The Morgan fingerprint density at radius 1 is 1.36 bits per heavy atom. The van der Waals surface area contributed by atoms with Gasteiger partial charge >= 0.3 is 0 Å². The van der Waals surface area contributed by atoms with Gasteiger partial charge in [-0.2, -0.15) is 0 Å². The summed E-state index contributed by atoms with van der Waals surface area (Å²) in [6, 6.07) is 0. The van der Waals surface area contributed by atoms with Gasteiger partial charge in [0.2, 0.25) is 0 Å². The second-order valence-electron chi connectivity index (χ2n) is 4.48. The molecular formula is C11H19. The van der Waals surface area contributed by atoms with Crippen LogP contribution in [0.1, 0.15) is 41.0 Å². The molecule has 0 N–H and O–H groups in total. The standard InChI is InChI=1S/C11H19/c1-8-6-7-11(4,5)10(3)9(8)2/h6,10H,7H2,1-5H3/t10-/m0/s1. The Kier molecular flexibility index (Phi) is 2.13. The van der Waals surface area contributed by atoms with Crippen molar-refractivity contribution in [3.05, 3.63) is 17.6 Å². The molecule has 0 heteroatoms. The summed E-state index contributed by atoms with van der Waals surface area (Å²) >= 11 is 0. The smallest absolute Gasteiger partial charge is 0.0132 e. The molecule has 0 saturated carbocycles. The maximum Gasteiger partial charge on any atom is -0.0132 e. The summed E-state index contributed by atoms with van der Waals surface area (Å²) in [5.74, 6) is 0.743. The van der Waals surface area contributed by atoms with Crippen LogP contribution in [0, 0.1) is 17.8 Å². The molecule has 0 fully saturated rings. The van der Waals surface area contributed by atoms with Gasteiger partial charge in [-0.1, -0.05) is 31.9 Å². The Balaban J connectivity index is 2.90. The average molecular weight is 151 g/mol. The van der Waals surface area contributed by atoms with Gasteiger partial charge < -0.3 is 0 Å². The van der Waals surface area contributed by atoms with Crippen LogP contribution in [0.2, 0.25) is 0 Å². The summed E-state index contributed by atoms with van der Waals surface area (Å²) in [6.07, 6.45) is 3.60. The molecule has 0 unspecified atom stereocenters. The van der Waals surface area contributed by atoms with Gasteiger partial charge in [0.1, 0.15) is 0 Å². The van der Waals surface area contributed by atoms with Crippen molar-refractivity contribution in [1.29, 1.82) is 0 Å². The van der Waals surface area contributed by atoms with Gasteiger partial charge in [-0.05, 0) is 38.0 Å². The maximum absolute atomic E-state index is 2.37. The average Bonchev–Trinajstić information content (AvgIpc) is 1.95. The first kappa shape index (κ1) is 8.83. The molecule has 0 aromatic rings. The SMILES string of the molecule is CC1=C(C)[C@H](C)C(C)(C)C[CH]1. The zero-order valence-electron chi connectivity index (χ0n) is 8.36. The van der Waals surface area contributed by atoms with Gasteiger partial charge in [0, 0.05) is 0 Å². The van der Waals surface area contributed by atoms with Crippen LogP contribution in [-0.4, -0.2) is 0 Å². The summed E-state index contributed by atoms with van der Waals surface area (Å²) in [5, 5.41) is 0. The lowest BCUT2D eigenvalue weighted by Crippen LogP contribution is -2.27. The number of hydrogen-bond acceptors (Lipinski definition) is 0. The Bertz CT molecular complexity index is 184. The molecule has 1 aliphatic carbocycles. The second-order valence-corrected chi connectivity index (χ2v) is 4.48. The van der Waals surface area contributed by atoms with Crippen molar-refractivity contribution < 1.29 is 0 Å². The molecular weight excluding hydrogens is 132 g/mol. The topological polar surface area (TPSA) is 0 Å². The van der Waals surface area contributed by atoms with E-state index in [1.165, 1.54) is 12.0 Å². The minimum absolute atomic E-state index is 0.476. The van der Waals surface area contributed by atoms with Gasteiger partial charge in [0.05, 0.1) is 0 Å². The first-order valence-electron chi connectivity index (χ1n) is 4.46. The Labute approximate surface area is 70.7 Å². The zero-order valence-corrected chi connectivity index (χ0v) is 8.36. The van der Waals surface area contributed by atoms with Gasteiger partial charge in [-0.3, -0.25) is 0 Å². The van der Waals surface area contributed by atoms with E-state index in [0.717, 1.165) is 5.92 Å². The van der Waals surface area contributed by atoms with E-state index in [1.54, 1.807) is 5.57 Å². The van der Waals surface area contributed by atoms with Crippen LogP contribution in [0.5, 0.6) is 0 Å². The highest BCUT2D eigenvalue weighted by atomic mass is 14.4. The van der Waals surface area contributed by atoms with Crippen LogP contribution in [0.15, 0.2) is 11.1 Å². The molecule has 0 nitrogen and oxygen atoms in total. The quantitative estimate of drug-likeness (QED) is 0.496. The predicted molar refractivity (Wildman–Crippen MR) is 50.2 cm³/mol. The van der Waals surface area contributed by atoms with E-state index >= 15 is 0 Å². The fourth-order valence-corrected chi connectivity index (χ4v) is 1.68. The van der Waals surface area contributed by atoms with Crippen LogP contribution in [0.4, 0.5) is 0 Å². The molecule has 0 saturated heterocycles. The first-order valence-corrected chi connectivity index (χ1v) is 4.46. The van der Waals surface area contributed by atoms with E-state index in [9.17, 15) is 0 Å². The van der Waals surface area contributed by atoms with Gasteiger partial charge in [0.25, 0.3) is 0 Å². The summed E-state index contributed by atoms with van der Waals surface area (Å²) < 4.78 is 0. The molecule has 1 atom stereocenters. The molecule has 0 aromatic heterocycles. The van der Waals surface area contributed by atoms with Gasteiger partial charge in [-0.15, -0.1) is 0 Å². The molecule has 0 heterocycles. The minimum atomic E-state index is 0.476. The van der Waals surface area contributed by atoms with Crippen molar-refractivity contribution in [1.82, 2.24) is 0 Å². The lowest BCUT2D eigenvalue weighted by molar-refractivity contribution is 0.249. The van der Waals surface area contributed by atoms with Crippen LogP contribution in [0.25, 0.3) is 0 Å². The van der Waals surface area contributed by atoms with Crippen LogP contribution in [-0.2, 0) is 0 Å². The highest BCUT2D eigenvalue weighted by Crippen LogP contribution is 2.42. The van der Waals surface area contributed by atoms with E-state index in [0.29, 0.717) is 5.41 Å². The molecule has 0 aromatic carbocycles. The third-order valence-electron chi connectivity index (χ3n) is 3.38. The number of hydrogen-bond donors (Lipinski definition) is 0. The van der Waals surface area contributed by atoms with E-state index in [1.807, 2.05) is 0 Å². The van der Waals surface area contributed by atoms with Crippen LogP contribution in [0.3, 0.4) is 0 Å². The van der Waals surface area contributed by atoms with E-state index in [4.69, 9.17) is 0 Å². The molecule has 11 heavy (non-hydrogen) atoms. The Morgan fingerprint density at radius 2 is 1.91 bits per heavy atom. The van der Waals surface area contributed by atoms with Crippen molar-refractivity contribution in [3.63, 3.8) is 0 Å². The molecule has 0 aliphatic heterocycles. The fourth-order valence-electron chi connectivity index (χ4n) is 1.68. The molecule has 0 amide bonds. The molecule has 1 radical (unpaired) electrons. The number of rotatable bonds is 0. The van der Waals surface area contributed by atoms with Crippen LogP contribution < -0.4 is 0 Å². The van der Waals surface area contributed by atoms with Gasteiger partial charge in [-0.25, -0.2) is 0 Å². The third kappa shape index (κ3) is 1.50. The van der Waals surface area contributed by atoms with Crippen molar-refractivity contribution in [2.24, 2.45) is 11.3 Å².